The number of hydrogen-bond acceptors (Lipinski definition) is 5. The third kappa shape index (κ3) is 4.43. The summed E-state index contributed by atoms with van der Waals surface area (Å²) in [6, 6.07) is 1.07. The van der Waals surface area contributed by atoms with Gasteiger partial charge in [0.25, 0.3) is 5.91 Å². The first-order valence-electron chi connectivity index (χ1n) is 7.27. The Morgan fingerprint density at radius 2 is 2.04 bits per heavy atom. The van der Waals surface area contributed by atoms with Crippen molar-refractivity contribution in [1.82, 2.24) is 14.2 Å². The minimum absolute atomic E-state index is 0.145. The number of aliphatic carboxylic acids is 1. The van der Waals surface area contributed by atoms with Crippen LogP contribution in [0, 0.1) is 0 Å². The van der Waals surface area contributed by atoms with E-state index in [1.54, 1.807) is 0 Å². The summed E-state index contributed by atoms with van der Waals surface area (Å²) in [6.45, 7) is 0.0228. The van der Waals surface area contributed by atoms with Gasteiger partial charge in [-0.1, -0.05) is 11.6 Å². The molecule has 0 unspecified atom stereocenters. The summed E-state index contributed by atoms with van der Waals surface area (Å²) in [4.78, 5) is 28.9. The molecular formula is C14H18ClN3O5S. The van der Waals surface area contributed by atoms with E-state index in [9.17, 15) is 18.0 Å². The smallest absolute Gasteiger partial charge is 0.323 e. The Kier molecular flexibility index (Phi) is 5.79. The molecule has 10 heteroatoms. The van der Waals surface area contributed by atoms with Gasteiger partial charge in [-0.05, 0) is 18.9 Å². The maximum Gasteiger partial charge on any atom is 0.323 e. The second-order valence-corrected chi connectivity index (χ2v) is 7.97. The number of carboxylic acid groups (broad SMARTS) is 1. The van der Waals surface area contributed by atoms with E-state index >= 15 is 0 Å². The summed E-state index contributed by atoms with van der Waals surface area (Å²) >= 11 is 5.98. The number of rotatable bonds is 5. The third-order valence-electron chi connectivity index (χ3n) is 3.90. The van der Waals surface area contributed by atoms with Crippen molar-refractivity contribution in [2.45, 2.75) is 18.9 Å². The summed E-state index contributed by atoms with van der Waals surface area (Å²) in [7, 11) is -3.29. The van der Waals surface area contributed by atoms with Crippen LogP contribution in [0.25, 0.3) is 0 Å². The molecule has 2 heterocycles. The minimum atomic E-state index is -3.29. The van der Waals surface area contributed by atoms with E-state index in [1.165, 1.54) is 27.7 Å². The molecule has 0 spiro atoms. The predicted octanol–water partition coefficient (Wildman–Crippen LogP) is 0.686. The fraction of sp³-hybridized carbons (Fsp3) is 0.500. The summed E-state index contributed by atoms with van der Waals surface area (Å²) < 4.78 is 24.5. The number of nitrogens with zero attached hydrogens (tertiary/aromatic N) is 3. The van der Waals surface area contributed by atoms with Crippen molar-refractivity contribution in [3.8, 4) is 0 Å². The number of piperidine rings is 1. The maximum atomic E-state index is 12.7. The van der Waals surface area contributed by atoms with Crippen molar-refractivity contribution in [1.29, 1.82) is 0 Å². The van der Waals surface area contributed by atoms with Crippen LogP contribution in [0.4, 0.5) is 0 Å². The topological polar surface area (TPSA) is 108 Å². The molecule has 1 saturated heterocycles. The van der Waals surface area contributed by atoms with E-state index in [-0.39, 0.29) is 29.7 Å². The van der Waals surface area contributed by atoms with E-state index < -0.39 is 28.4 Å². The molecule has 0 saturated carbocycles. The summed E-state index contributed by atoms with van der Waals surface area (Å²) in [6.07, 6.45) is 4.60. The van der Waals surface area contributed by atoms with Crippen LogP contribution < -0.4 is 0 Å². The van der Waals surface area contributed by atoms with Crippen LogP contribution in [0.3, 0.4) is 0 Å². The molecule has 0 aromatic carbocycles. The molecule has 1 aromatic rings. The van der Waals surface area contributed by atoms with Gasteiger partial charge in [-0.25, -0.2) is 12.7 Å². The molecule has 1 aliphatic heterocycles. The molecule has 2 rings (SSSR count). The number of sulfonamides is 1. The van der Waals surface area contributed by atoms with Gasteiger partial charge in [-0.2, -0.15) is 0 Å². The Hall–Kier alpha value is -1.71. The third-order valence-corrected chi connectivity index (χ3v) is 5.51. The normalized spacial score (nSPS) is 16.8. The molecule has 132 valence electrons. The number of carbonyl (C=O) groups is 2. The van der Waals surface area contributed by atoms with Crippen LogP contribution in [0.5, 0.6) is 0 Å². The van der Waals surface area contributed by atoms with E-state index in [0.717, 1.165) is 6.26 Å². The van der Waals surface area contributed by atoms with Gasteiger partial charge in [0.2, 0.25) is 10.0 Å². The fourth-order valence-corrected chi connectivity index (χ4v) is 3.78. The van der Waals surface area contributed by atoms with Crippen molar-refractivity contribution >= 4 is 33.5 Å². The molecule has 0 atom stereocenters. The van der Waals surface area contributed by atoms with Gasteiger partial charge in [-0.3, -0.25) is 14.6 Å². The first-order chi connectivity index (χ1) is 11.2. The van der Waals surface area contributed by atoms with E-state index in [4.69, 9.17) is 16.7 Å². The number of pyridine rings is 1. The zero-order valence-corrected chi connectivity index (χ0v) is 14.6. The van der Waals surface area contributed by atoms with Crippen molar-refractivity contribution in [2.24, 2.45) is 0 Å². The monoisotopic (exact) mass is 375 g/mol. The summed E-state index contributed by atoms with van der Waals surface area (Å²) in [5.41, 5.74) is 0.179. The van der Waals surface area contributed by atoms with Crippen molar-refractivity contribution in [2.75, 3.05) is 25.9 Å². The molecule has 8 nitrogen and oxygen atoms in total. The van der Waals surface area contributed by atoms with Gasteiger partial charge in [0, 0.05) is 31.5 Å². The molecule has 0 radical (unpaired) electrons. The Morgan fingerprint density at radius 3 is 2.54 bits per heavy atom. The van der Waals surface area contributed by atoms with E-state index in [1.807, 2.05) is 0 Å². The highest BCUT2D eigenvalue weighted by Gasteiger charge is 2.33. The highest BCUT2D eigenvalue weighted by Crippen LogP contribution is 2.23. The largest absolute Gasteiger partial charge is 0.480 e. The standard InChI is InChI=1S/C14H18ClN3O5S/c1-24(22,23)17-6-3-10(4-7-17)18(9-13(19)20)14(21)11-2-5-16-8-12(11)15/h2,5,8,10H,3-4,6-7,9H2,1H3,(H,19,20). The summed E-state index contributed by atoms with van der Waals surface area (Å²) in [5, 5.41) is 9.26. The Morgan fingerprint density at radius 1 is 1.42 bits per heavy atom. The van der Waals surface area contributed by atoms with Crippen molar-refractivity contribution in [3.05, 3.63) is 29.0 Å². The second kappa shape index (κ2) is 7.45. The van der Waals surface area contributed by atoms with Crippen LogP contribution in [0.1, 0.15) is 23.2 Å². The summed E-state index contributed by atoms with van der Waals surface area (Å²) in [5.74, 6) is -1.64. The number of hydrogen-bond donors (Lipinski definition) is 1. The molecule has 0 aliphatic carbocycles. The van der Waals surface area contributed by atoms with Gasteiger partial charge in [-0.15, -0.1) is 0 Å². The SMILES string of the molecule is CS(=O)(=O)N1CCC(N(CC(=O)O)C(=O)c2ccncc2Cl)CC1. The zero-order chi connectivity index (χ0) is 17.9. The second-order valence-electron chi connectivity index (χ2n) is 5.58. The average Bonchev–Trinajstić information content (AvgIpc) is 2.51. The fourth-order valence-electron chi connectivity index (χ4n) is 2.70. The van der Waals surface area contributed by atoms with Crippen molar-refractivity contribution < 1.29 is 23.1 Å². The zero-order valence-electron chi connectivity index (χ0n) is 13.1. The minimum Gasteiger partial charge on any atom is -0.480 e. The first-order valence-corrected chi connectivity index (χ1v) is 9.50. The Bertz CT molecular complexity index is 732. The molecular weight excluding hydrogens is 358 g/mol. The number of halogens is 1. The average molecular weight is 376 g/mol. The van der Waals surface area contributed by atoms with Crippen LogP contribution in [-0.4, -0.2) is 71.5 Å². The quantitative estimate of drug-likeness (QED) is 0.811. The number of carbonyl (C=O) groups excluding carboxylic acids is 1. The highest BCUT2D eigenvalue weighted by atomic mass is 35.5. The molecule has 0 bridgehead atoms. The van der Waals surface area contributed by atoms with E-state index in [2.05, 4.69) is 4.98 Å². The lowest BCUT2D eigenvalue weighted by molar-refractivity contribution is -0.138. The van der Waals surface area contributed by atoms with Gasteiger partial charge in [0.1, 0.15) is 6.54 Å². The highest BCUT2D eigenvalue weighted by molar-refractivity contribution is 7.88. The van der Waals surface area contributed by atoms with E-state index in [0.29, 0.717) is 12.8 Å². The Labute approximate surface area is 145 Å². The lowest BCUT2D eigenvalue weighted by atomic mass is 10.0. The molecule has 1 fully saturated rings. The first kappa shape index (κ1) is 18.6. The van der Waals surface area contributed by atoms with Gasteiger partial charge < -0.3 is 10.0 Å². The predicted molar refractivity (Wildman–Crippen MR) is 87.4 cm³/mol. The van der Waals surface area contributed by atoms with Gasteiger partial charge >= 0.3 is 5.97 Å². The van der Waals surface area contributed by atoms with Crippen LogP contribution in [0.15, 0.2) is 18.5 Å². The molecule has 24 heavy (non-hydrogen) atoms. The van der Waals surface area contributed by atoms with Crippen LogP contribution in [0.2, 0.25) is 5.02 Å². The van der Waals surface area contributed by atoms with Crippen LogP contribution in [-0.2, 0) is 14.8 Å². The lowest BCUT2D eigenvalue weighted by Gasteiger charge is -2.37. The van der Waals surface area contributed by atoms with Gasteiger partial charge in [0.15, 0.2) is 0 Å². The van der Waals surface area contributed by atoms with Crippen LogP contribution >= 0.6 is 11.6 Å². The number of aromatic nitrogens is 1. The molecule has 1 N–H and O–H groups in total. The molecule has 1 aliphatic rings. The molecule has 1 amide bonds. The number of amides is 1. The lowest BCUT2D eigenvalue weighted by Crippen LogP contribution is -2.50. The maximum absolute atomic E-state index is 12.7. The van der Waals surface area contributed by atoms with Gasteiger partial charge in [0.05, 0.1) is 16.8 Å². The molecule has 1 aromatic heterocycles. The Balaban J connectivity index is 2.19. The van der Waals surface area contributed by atoms with Crippen molar-refractivity contribution in [3.63, 3.8) is 0 Å². The number of carboxylic acids is 1.